The van der Waals surface area contributed by atoms with E-state index in [1.807, 2.05) is 49.4 Å². The van der Waals surface area contributed by atoms with Crippen LogP contribution in [0, 0.1) is 19.8 Å². The van der Waals surface area contributed by atoms with E-state index >= 15 is 0 Å². The SMILES string of the molecule is Cc1ccc(-n2nc(C(C)(C)C)cc2NC(=O)Nc2cccc(CC3CC4CCC(C3)N4C(=O)c3cnoc3C)c2)cc1. The van der Waals surface area contributed by atoms with Crippen LogP contribution in [-0.4, -0.2) is 43.9 Å². The van der Waals surface area contributed by atoms with Crippen LogP contribution in [0.4, 0.5) is 16.3 Å². The molecule has 2 aromatic heterocycles. The molecule has 2 bridgehead atoms. The molecular formula is C34H40N6O3. The molecule has 3 amide bonds. The van der Waals surface area contributed by atoms with E-state index in [4.69, 9.17) is 9.62 Å². The molecule has 4 heterocycles. The number of carbonyl (C=O) groups excluding carboxylic acids is 2. The molecule has 2 aliphatic heterocycles. The summed E-state index contributed by atoms with van der Waals surface area (Å²) in [5, 5.41) is 14.7. The highest BCUT2D eigenvalue weighted by Crippen LogP contribution is 2.41. The Morgan fingerprint density at radius 3 is 2.35 bits per heavy atom. The van der Waals surface area contributed by atoms with E-state index in [2.05, 4.69) is 53.6 Å². The van der Waals surface area contributed by atoms with Gasteiger partial charge in [0.25, 0.3) is 5.91 Å². The standard InChI is InChI=1S/C34H40N6O3/c1-21-9-11-26(12-10-21)40-31(19-30(38-40)34(3,4)5)37-33(42)36-25-8-6-7-23(16-25)15-24-17-27-13-14-28(18-24)39(27)32(41)29-20-35-43-22(29)2/h6-12,16,19-20,24,27-28H,13-15,17-18H2,1-5H3,(H2,36,37,42). The van der Waals surface area contributed by atoms with Gasteiger partial charge >= 0.3 is 6.03 Å². The lowest BCUT2D eigenvalue weighted by atomic mass is 9.85. The number of aromatic nitrogens is 3. The highest BCUT2D eigenvalue weighted by atomic mass is 16.5. The first-order valence-corrected chi connectivity index (χ1v) is 15.1. The molecular weight excluding hydrogens is 540 g/mol. The molecule has 0 aliphatic carbocycles. The van der Waals surface area contributed by atoms with Crippen molar-refractivity contribution in [3.63, 3.8) is 0 Å². The van der Waals surface area contributed by atoms with Crippen molar-refractivity contribution in [3.05, 3.63) is 88.9 Å². The normalized spacial score (nSPS) is 19.8. The Balaban J connectivity index is 1.11. The number of piperidine rings is 1. The Bertz CT molecular complexity index is 1620. The molecule has 2 N–H and O–H groups in total. The Morgan fingerprint density at radius 2 is 1.70 bits per heavy atom. The zero-order chi connectivity index (χ0) is 30.3. The highest BCUT2D eigenvalue weighted by molar-refractivity contribution is 5.99. The first-order valence-electron chi connectivity index (χ1n) is 15.1. The Hall–Kier alpha value is -4.40. The fourth-order valence-corrected chi connectivity index (χ4v) is 6.54. The minimum Gasteiger partial charge on any atom is -0.361 e. The van der Waals surface area contributed by atoms with Gasteiger partial charge in [-0.15, -0.1) is 0 Å². The summed E-state index contributed by atoms with van der Waals surface area (Å²) in [6.45, 7) is 10.2. The molecule has 6 rings (SSSR count). The molecule has 43 heavy (non-hydrogen) atoms. The lowest BCUT2D eigenvalue weighted by Crippen LogP contribution is -2.47. The molecule has 0 radical (unpaired) electrons. The summed E-state index contributed by atoms with van der Waals surface area (Å²) < 4.78 is 6.93. The minimum absolute atomic E-state index is 0.0419. The van der Waals surface area contributed by atoms with Crippen molar-refractivity contribution < 1.29 is 14.1 Å². The third-order valence-electron chi connectivity index (χ3n) is 8.75. The second kappa shape index (κ2) is 11.4. The Kier molecular flexibility index (Phi) is 7.58. The summed E-state index contributed by atoms with van der Waals surface area (Å²) in [7, 11) is 0. The van der Waals surface area contributed by atoms with Crippen molar-refractivity contribution in [2.45, 2.75) is 84.2 Å². The summed E-state index contributed by atoms with van der Waals surface area (Å²) >= 11 is 0. The molecule has 2 atom stereocenters. The van der Waals surface area contributed by atoms with E-state index in [-0.39, 0.29) is 29.4 Å². The first kappa shape index (κ1) is 28.7. The van der Waals surface area contributed by atoms with Crippen LogP contribution in [0.5, 0.6) is 0 Å². The van der Waals surface area contributed by atoms with Gasteiger partial charge < -0.3 is 14.7 Å². The number of urea groups is 1. The zero-order valence-electron chi connectivity index (χ0n) is 25.6. The molecule has 0 spiro atoms. The minimum atomic E-state index is -0.320. The molecule has 224 valence electrons. The van der Waals surface area contributed by atoms with E-state index in [0.29, 0.717) is 23.1 Å². The van der Waals surface area contributed by atoms with Crippen LogP contribution in [0.1, 0.15) is 79.4 Å². The van der Waals surface area contributed by atoms with Gasteiger partial charge in [-0.25, -0.2) is 9.48 Å². The van der Waals surface area contributed by atoms with Gasteiger partial charge in [-0.05, 0) is 81.7 Å². The van der Waals surface area contributed by atoms with Gasteiger partial charge in [0, 0.05) is 29.3 Å². The lowest BCUT2D eigenvalue weighted by molar-refractivity contribution is 0.0523. The number of hydrogen-bond acceptors (Lipinski definition) is 5. The average molecular weight is 581 g/mol. The van der Waals surface area contributed by atoms with Gasteiger partial charge in [-0.3, -0.25) is 10.1 Å². The summed E-state index contributed by atoms with van der Waals surface area (Å²) in [6.07, 6.45) is 6.48. The maximum Gasteiger partial charge on any atom is 0.324 e. The van der Waals surface area contributed by atoms with Crippen molar-refractivity contribution in [1.82, 2.24) is 19.8 Å². The van der Waals surface area contributed by atoms with E-state index in [1.54, 1.807) is 11.6 Å². The van der Waals surface area contributed by atoms with Crippen LogP contribution in [0.25, 0.3) is 5.69 Å². The van der Waals surface area contributed by atoms with Crippen LogP contribution >= 0.6 is 0 Å². The monoisotopic (exact) mass is 580 g/mol. The Morgan fingerprint density at radius 1 is 0.977 bits per heavy atom. The van der Waals surface area contributed by atoms with Crippen LogP contribution in [-0.2, 0) is 11.8 Å². The number of rotatable bonds is 6. The van der Waals surface area contributed by atoms with Crippen LogP contribution in [0.15, 0.2) is 65.3 Å². The van der Waals surface area contributed by atoms with Gasteiger partial charge in [0.05, 0.1) is 17.6 Å². The van der Waals surface area contributed by atoms with Crippen molar-refractivity contribution in [2.24, 2.45) is 5.92 Å². The van der Waals surface area contributed by atoms with Gasteiger partial charge in [0.15, 0.2) is 0 Å². The Labute approximate surface area is 252 Å². The molecule has 2 aromatic carbocycles. The maximum absolute atomic E-state index is 13.2. The quantitative estimate of drug-likeness (QED) is 0.254. The van der Waals surface area contributed by atoms with Crippen molar-refractivity contribution in [3.8, 4) is 5.69 Å². The zero-order valence-corrected chi connectivity index (χ0v) is 25.6. The average Bonchev–Trinajstić information content (AvgIpc) is 3.65. The third kappa shape index (κ3) is 6.07. The van der Waals surface area contributed by atoms with Crippen LogP contribution in [0.3, 0.4) is 0 Å². The maximum atomic E-state index is 13.2. The number of amides is 3. The van der Waals surface area contributed by atoms with Gasteiger partial charge in [-0.2, -0.15) is 5.10 Å². The second-order valence-electron chi connectivity index (χ2n) is 13.1. The summed E-state index contributed by atoms with van der Waals surface area (Å²) in [5.41, 5.74) is 5.26. The number of aryl methyl sites for hydroxylation is 2. The number of anilines is 2. The summed E-state index contributed by atoms with van der Waals surface area (Å²) in [6, 6.07) is 18.3. The lowest BCUT2D eigenvalue weighted by Gasteiger charge is -2.39. The molecule has 2 saturated heterocycles. The predicted molar refractivity (Wildman–Crippen MR) is 167 cm³/mol. The molecule has 0 saturated carbocycles. The second-order valence-corrected chi connectivity index (χ2v) is 13.1. The number of nitrogens with one attached hydrogen (secondary N) is 2. The third-order valence-corrected chi connectivity index (χ3v) is 8.75. The number of hydrogen-bond donors (Lipinski definition) is 2. The number of fused-ring (bicyclic) bond motifs is 2. The van der Waals surface area contributed by atoms with Gasteiger partial charge in [0.1, 0.15) is 17.1 Å². The molecule has 2 unspecified atom stereocenters. The largest absolute Gasteiger partial charge is 0.361 e. The van der Waals surface area contributed by atoms with E-state index < -0.39 is 0 Å². The fourth-order valence-electron chi connectivity index (χ4n) is 6.54. The van der Waals surface area contributed by atoms with Crippen molar-refractivity contribution in [1.29, 1.82) is 0 Å². The van der Waals surface area contributed by atoms with Crippen molar-refractivity contribution in [2.75, 3.05) is 10.6 Å². The van der Waals surface area contributed by atoms with E-state index in [0.717, 1.165) is 54.7 Å². The summed E-state index contributed by atoms with van der Waals surface area (Å²) in [5.74, 6) is 1.71. The molecule has 9 heteroatoms. The summed E-state index contributed by atoms with van der Waals surface area (Å²) in [4.78, 5) is 28.5. The molecule has 2 fully saturated rings. The van der Waals surface area contributed by atoms with Crippen molar-refractivity contribution >= 4 is 23.4 Å². The van der Waals surface area contributed by atoms with Crippen LogP contribution < -0.4 is 10.6 Å². The molecule has 2 aliphatic rings. The van der Waals surface area contributed by atoms with Gasteiger partial charge in [0.2, 0.25) is 0 Å². The smallest absolute Gasteiger partial charge is 0.324 e. The van der Waals surface area contributed by atoms with Gasteiger partial charge in [-0.1, -0.05) is 55.8 Å². The van der Waals surface area contributed by atoms with Crippen LogP contribution in [0.2, 0.25) is 0 Å². The number of benzene rings is 2. The number of carbonyl (C=O) groups is 2. The highest BCUT2D eigenvalue weighted by Gasteiger charge is 2.44. The first-order chi connectivity index (χ1) is 20.5. The fraction of sp³-hybridized carbons (Fsp3) is 0.412. The molecule has 9 nitrogen and oxygen atoms in total. The van der Waals surface area contributed by atoms with E-state index in [9.17, 15) is 9.59 Å². The molecule has 4 aromatic rings. The number of nitrogens with zero attached hydrogens (tertiary/aromatic N) is 4. The van der Waals surface area contributed by atoms with E-state index in [1.165, 1.54) is 11.8 Å². The predicted octanol–water partition coefficient (Wildman–Crippen LogP) is 7.04. The topological polar surface area (TPSA) is 105 Å².